The van der Waals surface area contributed by atoms with Crippen molar-refractivity contribution in [1.82, 2.24) is 4.90 Å². The summed E-state index contributed by atoms with van der Waals surface area (Å²) in [5.41, 5.74) is 14.4. The Bertz CT molecular complexity index is 473. The molecule has 1 aliphatic heterocycles. The van der Waals surface area contributed by atoms with Gasteiger partial charge in [-0.15, -0.1) is 24.8 Å². The number of carboxylic acid groups (broad SMARTS) is 1. The standard InChI is InChI=1S/C10H22N5O5P.2ClH/c11-9(12)14-5-2-4-10(13,8(16)17)15-6-1-3-7(15)21(18,19)20;;/h7H,1-6,13H2,(H,16,17)(H4,11,12,14)(H2,18,19,20);2*1H/t7?,10-;;/m0../s1. The summed E-state index contributed by atoms with van der Waals surface area (Å²) in [5.74, 6) is -2.60. The van der Waals surface area contributed by atoms with Gasteiger partial charge < -0.3 is 32.1 Å². The van der Waals surface area contributed by atoms with E-state index in [1.807, 2.05) is 0 Å². The molecule has 0 aromatic rings. The van der Waals surface area contributed by atoms with Gasteiger partial charge in [0.05, 0.1) is 0 Å². The van der Waals surface area contributed by atoms with Crippen LogP contribution in [0, 0.1) is 0 Å². The first-order chi connectivity index (χ1) is 9.59. The maximum atomic E-state index is 11.5. The van der Waals surface area contributed by atoms with Crippen molar-refractivity contribution in [3.8, 4) is 0 Å². The number of hydrogen-bond donors (Lipinski definition) is 6. The highest BCUT2D eigenvalue weighted by Gasteiger charge is 2.50. The Morgan fingerprint density at radius 3 is 2.35 bits per heavy atom. The topological polar surface area (TPSA) is 188 Å². The summed E-state index contributed by atoms with van der Waals surface area (Å²) in [6.07, 6.45) is 0.959. The Labute approximate surface area is 146 Å². The van der Waals surface area contributed by atoms with E-state index in [1.165, 1.54) is 4.90 Å². The molecule has 0 aliphatic carbocycles. The van der Waals surface area contributed by atoms with Crippen molar-refractivity contribution in [2.75, 3.05) is 13.1 Å². The fraction of sp³-hybridized carbons (Fsp3) is 0.800. The lowest BCUT2D eigenvalue weighted by molar-refractivity contribution is -0.152. The molecule has 0 aromatic heterocycles. The van der Waals surface area contributed by atoms with Crippen LogP contribution in [0.5, 0.6) is 0 Å². The van der Waals surface area contributed by atoms with E-state index in [0.29, 0.717) is 6.42 Å². The fourth-order valence-electron chi connectivity index (χ4n) is 2.49. The Kier molecular flexibility index (Phi) is 10.3. The molecule has 0 radical (unpaired) electrons. The molecule has 0 bridgehead atoms. The quantitative estimate of drug-likeness (QED) is 0.139. The molecule has 1 saturated heterocycles. The van der Waals surface area contributed by atoms with Gasteiger partial charge in [-0.2, -0.15) is 0 Å². The highest BCUT2D eigenvalue weighted by molar-refractivity contribution is 7.52. The molecule has 0 saturated carbocycles. The Hall–Kier alpha value is -0.610. The first-order valence-corrected chi connectivity index (χ1v) is 8.17. The highest BCUT2D eigenvalue weighted by Crippen LogP contribution is 2.49. The molecule has 0 amide bonds. The maximum absolute atomic E-state index is 11.5. The predicted molar refractivity (Wildman–Crippen MR) is 90.7 cm³/mol. The van der Waals surface area contributed by atoms with Gasteiger partial charge in [-0.3, -0.25) is 14.5 Å². The van der Waals surface area contributed by atoms with Crippen LogP contribution >= 0.6 is 32.4 Å². The number of aliphatic imine (C=N–C) groups is 1. The number of aliphatic carboxylic acids is 1. The van der Waals surface area contributed by atoms with Crippen LogP contribution in [-0.2, 0) is 9.36 Å². The third-order valence-corrected chi connectivity index (χ3v) is 4.82. The van der Waals surface area contributed by atoms with Gasteiger partial charge in [0.25, 0.3) is 0 Å². The summed E-state index contributed by atoms with van der Waals surface area (Å²) in [5, 5.41) is 9.38. The van der Waals surface area contributed by atoms with E-state index in [2.05, 4.69) is 4.99 Å². The minimum Gasteiger partial charge on any atom is -0.479 e. The van der Waals surface area contributed by atoms with Gasteiger partial charge in [-0.1, -0.05) is 0 Å². The van der Waals surface area contributed by atoms with Crippen LogP contribution in [0.15, 0.2) is 4.99 Å². The smallest absolute Gasteiger partial charge is 0.342 e. The molecule has 0 spiro atoms. The molecular formula is C10H24Cl2N5O5P. The molecule has 9 N–H and O–H groups in total. The monoisotopic (exact) mass is 395 g/mol. The zero-order valence-electron chi connectivity index (χ0n) is 12.4. The van der Waals surface area contributed by atoms with E-state index in [0.717, 1.165) is 0 Å². The Morgan fingerprint density at radius 1 is 1.35 bits per heavy atom. The van der Waals surface area contributed by atoms with Crippen molar-refractivity contribution in [3.05, 3.63) is 0 Å². The molecule has 1 unspecified atom stereocenters. The molecule has 138 valence electrons. The number of guanidine groups is 1. The van der Waals surface area contributed by atoms with Crippen molar-refractivity contribution in [2.45, 2.75) is 37.1 Å². The number of halogens is 2. The molecule has 1 fully saturated rings. The van der Waals surface area contributed by atoms with E-state index >= 15 is 0 Å². The lowest BCUT2D eigenvalue weighted by Crippen LogP contribution is -2.63. The van der Waals surface area contributed by atoms with Crippen LogP contribution in [0.1, 0.15) is 25.7 Å². The molecule has 1 heterocycles. The number of nitrogens with two attached hydrogens (primary N) is 3. The van der Waals surface area contributed by atoms with Crippen molar-refractivity contribution in [2.24, 2.45) is 22.2 Å². The van der Waals surface area contributed by atoms with Crippen molar-refractivity contribution in [3.63, 3.8) is 0 Å². The van der Waals surface area contributed by atoms with Gasteiger partial charge in [0.15, 0.2) is 11.6 Å². The molecule has 23 heavy (non-hydrogen) atoms. The number of hydrogen-bond acceptors (Lipinski definition) is 5. The Balaban J connectivity index is 0. The number of likely N-dealkylation sites (tertiary alicyclic amines) is 1. The summed E-state index contributed by atoms with van der Waals surface area (Å²) in [6.45, 7) is 0.420. The van der Waals surface area contributed by atoms with Gasteiger partial charge >= 0.3 is 13.6 Å². The van der Waals surface area contributed by atoms with Gasteiger partial charge in [0, 0.05) is 13.1 Å². The van der Waals surface area contributed by atoms with Crippen LogP contribution in [0.4, 0.5) is 0 Å². The average Bonchev–Trinajstić information content (AvgIpc) is 2.83. The second kappa shape index (κ2) is 9.63. The number of carbonyl (C=O) groups is 1. The highest BCUT2D eigenvalue weighted by atomic mass is 35.5. The maximum Gasteiger partial charge on any atom is 0.342 e. The van der Waals surface area contributed by atoms with Crippen LogP contribution in [0.2, 0.25) is 0 Å². The minimum absolute atomic E-state index is 0. The lowest BCUT2D eigenvalue weighted by Gasteiger charge is -2.38. The van der Waals surface area contributed by atoms with E-state index in [-0.39, 0.29) is 63.1 Å². The molecule has 0 aromatic carbocycles. The summed E-state index contributed by atoms with van der Waals surface area (Å²) in [7, 11) is -4.45. The molecule has 1 aliphatic rings. The first kappa shape index (κ1) is 24.6. The Morgan fingerprint density at radius 2 is 1.91 bits per heavy atom. The average molecular weight is 396 g/mol. The van der Waals surface area contributed by atoms with Crippen molar-refractivity contribution in [1.29, 1.82) is 0 Å². The molecule has 13 heteroatoms. The van der Waals surface area contributed by atoms with E-state index in [1.54, 1.807) is 0 Å². The van der Waals surface area contributed by atoms with Gasteiger partial charge in [0.2, 0.25) is 0 Å². The lowest BCUT2D eigenvalue weighted by atomic mass is 10.0. The van der Waals surface area contributed by atoms with Crippen LogP contribution in [-0.4, -0.2) is 56.3 Å². The van der Waals surface area contributed by atoms with Gasteiger partial charge in [0.1, 0.15) is 5.78 Å². The molecule has 1 rings (SSSR count). The fourth-order valence-corrected chi connectivity index (χ4v) is 3.70. The molecule has 10 nitrogen and oxygen atoms in total. The zero-order valence-corrected chi connectivity index (χ0v) is 14.9. The molecule has 2 atom stereocenters. The second-order valence-electron chi connectivity index (χ2n) is 5.04. The summed E-state index contributed by atoms with van der Waals surface area (Å²) < 4.78 is 11.5. The normalized spacial score (nSPS) is 20.7. The van der Waals surface area contributed by atoms with E-state index in [4.69, 9.17) is 17.2 Å². The van der Waals surface area contributed by atoms with Crippen LogP contribution < -0.4 is 17.2 Å². The zero-order chi connectivity index (χ0) is 16.3. The van der Waals surface area contributed by atoms with Crippen LogP contribution in [0.25, 0.3) is 0 Å². The number of nitrogens with zero attached hydrogens (tertiary/aromatic N) is 2. The number of rotatable bonds is 7. The predicted octanol–water partition coefficient (Wildman–Crippen LogP) is -0.777. The second-order valence-corrected chi connectivity index (χ2v) is 6.82. The summed E-state index contributed by atoms with van der Waals surface area (Å²) in [6, 6.07) is 0. The number of carboxylic acids is 1. The largest absolute Gasteiger partial charge is 0.479 e. The molecular weight excluding hydrogens is 372 g/mol. The third-order valence-electron chi connectivity index (χ3n) is 3.50. The van der Waals surface area contributed by atoms with E-state index in [9.17, 15) is 24.3 Å². The van der Waals surface area contributed by atoms with E-state index < -0.39 is 25.0 Å². The van der Waals surface area contributed by atoms with Crippen molar-refractivity contribution >= 4 is 44.3 Å². The van der Waals surface area contributed by atoms with Gasteiger partial charge in [-0.25, -0.2) is 4.79 Å². The van der Waals surface area contributed by atoms with Crippen molar-refractivity contribution < 1.29 is 24.3 Å². The SMILES string of the molecule is Cl.Cl.NC(N)=NCCC[C@@](N)(C(=O)O)N1CCCC1P(=O)(O)O. The summed E-state index contributed by atoms with van der Waals surface area (Å²) >= 11 is 0. The minimum atomic E-state index is -4.45. The van der Waals surface area contributed by atoms with Crippen LogP contribution in [0.3, 0.4) is 0 Å². The summed E-state index contributed by atoms with van der Waals surface area (Å²) in [4.78, 5) is 35.1. The first-order valence-electron chi connectivity index (χ1n) is 6.48. The van der Waals surface area contributed by atoms with Gasteiger partial charge in [-0.05, 0) is 25.7 Å². The third kappa shape index (κ3) is 6.42.